The smallest absolute Gasteiger partial charge is 0.253 e. The van der Waals surface area contributed by atoms with Crippen LogP contribution in [-0.2, 0) is 9.53 Å². The standard InChI is InChI=1S/C13H16Cl2N2O2/c1-7(19-6-8-2-3-8)13(18)17-9-4-10(14)12(16)11(15)5-9/h4-5,7-8H,2-3,6,16H2,1H3,(H,17,18)/t7-/m0/s1. The molecule has 104 valence electrons. The Bertz CT molecular complexity index is 467. The molecule has 1 atom stereocenters. The zero-order valence-electron chi connectivity index (χ0n) is 10.6. The molecule has 4 nitrogen and oxygen atoms in total. The summed E-state index contributed by atoms with van der Waals surface area (Å²) in [5.74, 6) is 0.396. The molecule has 1 aromatic rings. The number of rotatable bonds is 5. The largest absolute Gasteiger partial charge is 0.396 e. The normalized spacial score (nSPS) is 16.2. The summed E-state index contributed by atoms with van der Waals surface area (Å²) >= 11 is 11.8. The highest BCUT2D eigenvalue weighted by Gasteiger charge is 2.24. The number of nitrogen functional groups attached to an aromatic ring is 1. The van der Waals surface area contributed by atoms with Crippen LogP contribution in [0.4, 0.5) is 11.4 Å². The first kappa shape index (κ1) is 14.4. The van der Waals surface area contributed by atoms with Crippen LogP contribution < -0.4 is 11.1 Å². The van der Waals surface area contributed by atoms with Crippen LogP contribution in [-0.4, -0.2) is 18.6 Å². The van der Waals surface area contributed by atoms with Crippen molar-refractivity contribution in [3.63, 3.8) is 0 Å². The van der Waals surface area contributed by atoms with Gasteiger partial charge in [-0.25, -0.2) is 0 Å². The molecule has 1 amide bonds. The Morgan fingerprint density at radius 1 is 1.47 bits per heavy atom. The van der Waals surface area contributed by atoms with Gasteiger partial charge in [-0.3, -0.25) is 4.79 Å². The van der Waals surface area contributed by atoms with Gasteiger partial charge >= 0.3 is 0 Å². The van der Waals surface area contributed by atoms with E-state index in [0.717, 1.165) is 0 Å². The predicted octanol–water partition coefficient (Wildman–Crippen LogP) is 3.33. The lowest BCUT2D eigenvalue weighted by Crippen LogP contribution is -2.28. The fourth-order valence-electron chi connectivity index (χ4n) is 1.54. The highest BCUT2D eigenvalue weighted by molar-refractivity contribution is 6.39. The average Bonchev–Trinajstić information content (AvgIpc) is 3.16. The van der Waals surface area contributed by atoms with Gasteiger partial charge < -0.3 is 15.8 Å². The molecule has 6 heteroatoms. The van der Waals surface area contributed by atoms with Crippen molar-refractivity contribution >= 4 is 40.5 Å². The Labute approximate surface area is 122 Å². The van der Waals surface area contributed by atoms with Crippen molar-refractivity contribution < 1.29 is 9.53 Å². The zero-order chi connectivity index (χ0) is 14.0. The molecule has 0 bridgehead atoms. The fourth-order valence-corrected chi connectivity index (χ4v) is 2.03. The number of halogens is 2. The maximum atomic E-state index is 11.9. The maximum Gasteiger partial charge on any atom is 0.253 e. The van der Waals surface area contributed by atoms with Crippen molar-refractivity contribution in [1.82, 2.24) is 0 Å². The first-order chi connectivity index (χ1) is 8.97. The minimum absolute atomic E-state index is 0.224. The van der Waals surface area contributed by atoms with E-state index in [-0.39, 0.29) is 5.91 Å². The first-order valence-electron chi connectivity index (χ1n) is 6.14. The van der Waals surface area contributed by atoms with Crippen molar-refractivity contribution in [1.29, 1.82) is 0 Å². The third-order valence-electron chi connectivity index (χ3n) is 2.99. The third-order valence-corrected chi connectivity index (χ3v) is 3.62. The van der Waals surface area contributed by atoms with E-state index in [1.54, 1.807) is 19.1 Å². The number of ether oxygens (including phenoxy) is 1. The second-order valence-electron chi connectivity index (χ2n) is 4.76. The number of hydrogen-bond donors (Lipinski definition) is 2. The van der Waals surface area contributed by atoms with Gasteiger partial charge in [0.2, 0.25) is 0 Å². The van der Waals surface area contributed by atoms with Crippen molar-refractivity contribution in [2.75, 3.05) is 17.7 Å². The first-order valence-corrected chi connectivity index (χ1v) is 6.90. The fraction of sp³-hybridized carbons (Fsp3) is 0.462. The lowest BCUT2D eigenvalue weighted by Gasteiger charge is -2.14. The van der Waals surface area contributed by atoms with Crippen molar-refractivity contribution in [2.24, 2.45) is 5.92 Å². The molecule has 0 spiro atoms. The number of anilines is 2. The number of carbonyl (C=O) groups excluding carboxylic acids is 1. The molecule has 1 saturated carbocycles. The molecule has 19 heavy (non-hydrogen) atoms. The van der Waals surface area contributed by atoms with Crippen LogP contribution in [0.25, 0.3) is 0 Å². The van der Waals surface area contributed by atoms with Crippen LogP contribution in [0.3, 0.4) is 0 Å². The second-order valence-corrected chi connectivity index (χ2v) is 5.58. The van der Waals surface area contributed by atoms with Gasteiger partial charge in [0, 0.05) is 5.69 Å². The summed E-state index contributed by atoms with van der Waals surface area (Å²) in [4.78, 5) is 11.9. The molecule has 0 radical (unpaired) electrons. The van der Waals surface area contributed by atoms with Crippen LogP contribution in [0.1, 0.15) is 19.8 Å². The van der Waals surface area contributed by atoms with Crippen molar-refractivity contribution in [3.8, 4) is 0 Å². The Kier molecular flexibility index (Phi) is 4.55. The summed E-state index contributed by atoms with van der Waals surface area (Å²) in [6, 6.07) is 3.13. The van der Waals surface area contributed by atoms with E-state index in [1.807, 2.05) is 0 Å². The van der Waals surface area contributed by atoms with Gasteiger partial charge in [-0.15, -0.1) is 0 Å². The highest BCUT2D eigenvalue weighted by Crippen LogP contribution is 2.31. The monoisotopic (exact) mass is 302 g/mol. The van der Waals surface area contributed by atoms with Gasteiger partial charge in [0.15, 0.2) is 0 Å². The summed E-state index contributed by atoms with van der Waals surface area (Å²) in [5.41, 5.74) is 6.44. The summed E-state index contributed by atoms with van der Waals surface area (Å²) in [6.45, 7) is 2.36. The minimum Gasteiger partial charge on any atom is -0.396 e. The summed E-state index contributed by atoms with van der Waals surface area (Å²) in [6.07, 6.45) is 1.88. The molecule has 2 rings (SSSR count). The SMILES string of the molecule is C[C@H](OCC1CC1)C(=O)Nc1cc(Cl)c(N)c(Cl)c1. The Morgan fingerprint density at radius 2 is 2.05 bits per heavy atom. The number of amides is 1. The highest BCUT2D eigenvalue weighted by atomic mass is 35.5. The average molecular weight is 303 g/mol. The molecule has 1 fully saturated rings. The van der Waals surface area contributed by atoms with Crippen molar-refractivity contribution in [3.05, 3.63) is 22.2 Å². The number of benzene rings is 1. The molecule has 1 aliphatic carbocycles. The molecule has 0 aromatic heterocycles. The third kappa shape index (κ3) is 4.00. The molecule has 1 aromatic carbocycles. The quantitative estimate of drug-likeness (QED) is 0.820. The van der Waals surface area contributed by atoms with Crippen LogP contribution in [0, 0.1) is 5.92 Å². The van der Waals surface area contributed by atoms with Crippen LogP contribution in [0.2, 0.25) is 10.0 Å². The van der Waals surface area contributed by atoms with E-state index in [9.17, 15) is 4.79 Å². The van der Waals surface area contributed by atoms with Crippen LogP contribution >= 0.6 is 23.2 Å². The molecular weight excluding hydrogens is 287 g/mol. The molecule has 0 saturated heterocycles. The lowest BCUT2D eigenvalue weighted by atomic mass is 10.2. The predicted molar refractivity (Wildman–Crippen MR) is 77.6 cm³/mol. The molecule has 0 aliphatic heterocycles. The van der Waals surface area contributed by atoms with Crippen LogP contribution in [0.5, 0.6) is 0 Å². The zero-order valence-corrected chi connectivity index (χ0v) is 12.1. The Balaban J connectivity index is 1.93. The molecule has 1 aliphatic rings. The van der Waals surface area contributed by atoms with Gasteiger partial charge in [0.25, 0.3) is 5.91 Å². The van der Waals surface area contributed by atoms with Gasteiger partial charge in [-0.1, -0.05) is 23.2 Å². The van der Waals surface area contributed by atoms with Crippen LogP contribution in [0.15, 0.2) is 12.1 Å². The summed E-state index contributed by atoms with van der Waals surface area (Å²) in [7, 11) is 0. The topological polar surface area (TPSA) is 64.3 Å². The molecule has 0 heterocycles. The van der Waals surface area contributed by atoms with Gasteiger partial charge in [0.05, 0.1) is 22.3 Å². The van der Waals surface area contributed by atoms with Gasteiger partial charge in [0.1, 0.15) is 6.10 Å². The number of carbonyl (C=O) groups is 1. The number of hydrogen-bond acceptors (Lipinski definition) is 3. The van der Waals surface area contributed by atoms with E-state index in [2.05, 4.69) is 5.32 Å². The lowest BCUT2D eigenvalue weighted by molar-refractivity contribution is -0.126. The maximum absolute atomic E-state index is 11.9. The molecular formula is C13H16Cl2N2O2. The van der Waals surface area contributed by atoms with Crippen molar-refractivity contribution in [2.45, 2.75) is 25.9 Å². The van der Waals surface area contributed by atoms with Gasteiger partial charge in [-0.2, -0.15) is 0 Å². The van der Waals surface area contributed by atoms with E-state index in [0.29, 0.717) is 33.9 Å². The Hall–Kier alpha value is -0.970. The molecule has 3 N–H and O–H groups in total. The second kappa shape index (κ2) is 5.99. The van der Waals surface area contributed by atoms with E-state index in [4.69, 9.17) is 33.7 Å². The van der Waals surface area contributed by atoms with E-state index >= 15 is 0 Å². The van der Waals surface area contributed by atoms with E-state index in [1.165, 1.54) is 12.8 Å². The number of nitrogens with two attached hydrogens (primary N) is 1. The van der Waals surface area contributed by atoms with E-state index < -0.39 is 6.10 Å². The number of nitrogens with one attached hydrogen (secondary N) is 1. The minimum atomic E-state index is -0.504. The summed E-state index contributed by atoms with van der Waals surface area (Å²) in [5, 5.41) is 3.33. The Morgan fingerprint density at radius 3 is 2.58 bits per heavy atom. The molecule has 0 unspecified atom stereocenters. The summed E-state index contributed by atoms with van der Waals surface area (Å²) < 4.78 is 5.48. The van der Waals surface area contributed by atoms with Gasteiger partial charge in [-0.05, 0) is 37.8 Å².